The Labute approximate surface area is 149 Å². The van der Waals surface area contributed by atoms with Crippen molar-refractivity contribution in [2.24, 2.45) is 0 Å². The first-order valence-corrected chi connectivity index (χ1v) is 9.24. The van der Waals surface area contributed by atoms with Gasteiger partial charge in [-0.3, -0.25) is 4.40 Å². The molecule has 2 aromatic heterocycles. The number of rotatable bonds is 3. The van der Waals surface area contributed by atoms with Gasteiger partial charge in [0.1, 0.15) is 22.9 Å². The topological polar surface area (TPSA) is 49.6 Å². The molecule has 24 heavy (non-hydrogen) atoms. The number of benzene rings is 1. The minimum Gasteiger partial charge on any atom is -0.508 e. The highest BCUT2D eigenvalue weighted by Crippen LogP contribution is 2.34. The fourth-order valence-electron chi connectivity index (χ4n) is 3.45. The summed E-state index contributed by atoms with van der Waals surface area (Å²) in [7, 11) is 0. The van der Waals surface area contributed by atoms with Crippen molar-refractivity contribution in [1.29, 1.82) is 0 Å². The van der Waals surface area contributed by atoms with Gasteiger partial charge in [0.25, 0.3) is 0 Å². The molecule has 2 N–H and O–H groups in total. The van der Waals surface area contributed by atoms with E-state index in [4.69, 9.17) is 4.98 Å². The number of pyridine rings is 1. The van der Waals surface area contributed by atoms with Gasteiger partial charge in [0, 0.05) is 11.6 Å². The summed E-state index contributed by atoms with van der Waals surface area (Å²) in [6.45, 7) is 0. The first kappa shape index (κ1) is 15.5. The van der Waals surface area contributed by atoms with E-state index in [0.717, 1.165) is 27.3 Å². The molecule has 1 saturated carbocycles. The molecule has 4 nitrogen and oxygen atoms in total. The highest BCUT2D eigenvalue weighted by atomic mass is 79.9. The second-order valence-electron chi connectivity index (χ2n) is 6.38. The van der Waals surface area contributed by atoms with Crippen LogP contribution in [0.1, 0.15) is 32.1 Å². The second kappa shape index (κ2) is 6.48. The lowest BCUT2D eigenvalue weighted by molar-refractivity contribution is 0.461. The van der Waals surface area contributed by atoms with Crippen molar-refractivity contribution in [2.75, 3.05) is 5.32 Å². The van der Waals surface area contributed by atoms with Crippen molar-refractivity contribution < 1.29 is 5.11 Å². The van der Waals surface area contributed by atoms with Crippen LogP contribution in [0.3, 0.4) is 0 Å². The molecule has 124 valence electrons. The Morgan fingerprint density at radius 3 is 2.54 bits per heavy atom. The molecular weight excluding hydrogens is 366 g/mol. The number of phenolic OH excluding ortho intramolecular Hbond substituents is 1. The van der Waals surface area contributed by atoms with E-state index in [1.165, 1.54) is 32.1 Å². The van der Waals surface area contributed by atoms with Crippen LogP contribution >= 0.6 is 15.9 Å². The number of aromatic nitrogens is 2. The van der Waals surface area contributed by atoms with Crippen LogP contribution in [-0.2, 0) is 0 Å². The zero-order valence-corrected chi connectivity index (χ0v) is 15.0. The molecule has 2 heterocycles. The van der Waals surface area contributed by atoms with E-state index >= 15 is 0 Å². The number of nitrogens with zero attached hydrogens (tertiary/aromatic N) is 2. The first-order chi connectivity index (χ1) is 11.7. The third kappa shape index (κ3) is 2.88. The van der Waals surface area contributed by atoms with E-state index in [1.54, 1.807) is 12.1 Å². The quantitative estimate of drug-likeness (QED) is 0.608. The maximum atomic E-state index is 9.57. The summed E-state index contributed by atoms with van der Waals surface area (Å²) < 4.78 is 3.10. The molecule has 4 rings (SSSR count). The van der Waals surface area contributed by atoms with E-state index in [9.17, 15) is 5.11 Å². The van der Waals surface area contributed by atoms with Gasteiger partial charge in [0.2, 0.25) is 0 Å². The fraction of sp³-hybridized carbons (Fsp3) is 0.316. The van der Waals surface area contributed by atoms with Crippen LogP contribution in [0.15, 0.2) is 47.1 Å². The van der Waals surface area contributed by atoms with Crippen molar-refractivity contribution in [3.63, 3.8) is 0 Å². The fourth-order valence-corrected chi connectivity index (χ4v) is 3.96. The summed E-state index contributed by atoms with van der Waals surface area (Å²) in [5.74, 6) is 1.29. The smallest absolute Gasteiger partial charge is 0.140 e. The maximum absolute atomic E-state index is 9.57. The number of hydrogen-bond donors (Lipinski definition) is 2. The Morgan fingerprint density at radius 1 is 1.04 bits per heavy atom. The molecule has 0 aliphatic heterocycles. The number of nitrogens with one attached hydrogen (secondary N) is 1. The second-order valence-corrected chi connectivity index (χ2v) is 7.19. The molecule has 0 unspecified atom stereocenters. The Hall–Kier alpha value is -2.01. The van der Waals surface area contributed by atoms with Crippen LogP contribution < -0.4 is 5.32 Å². The Balaban J connectivity index is 1.83. The number of phenols is 1. The van der Waals surface area contributed by atoms with Gasteiger partial charge in [-0.1, -0.05) is 25.3 Å². The van der Waals surface area contributed by atoms with Crippen molar-refractivity contribution in [3.8, 4) is 17.0 Å². The Morgan fingerprint density at radius 2 is 1.79 bits per heavy atom. The van der Waals surface area contributed by atoms with Crippen LogP contribution in [0.2, 0.25) is 0 Å². The number of imidazole rings is 1. The summed E-state index contributed by atoms with van der Waals surface area (Å²) in [5.41, 5.74) is 2.83. The highest BCUT2D eigenvalue weighted by molar-refractivity contribution is 9.10. The molecule has 0 spiro atoms. The monoisotopic (exact) mass is 385 g/mol. The predicted molar refractivity (Wildman–Crippen MR) is 100 cm³/mol. The minimum absolute atomic E-state index is 0.269. The van der Waals surface area contributed by atoms with Crippen LogP contribution in [0, 0.1) is 0 Å². The zero-order valence-electron chi connectivity index (χ0n) is 13.4. The van der Waals surface area contributed by atoms with Crippen molar-refractivity contribution in [2.45, 2.75) is 38.1 Å². The van der Waals surface area contributed by atoms with Crippen molar-refractivity contribution >= 4 is 27.4 Å². The van der Waals surface area contributed by atoms with E-state index in [0.29, 0.717) is 6.04 Å². The summed E-state index contributed by atoms with van der Waals surface area (Å²) in [6.07, 6.45) is 6.30. The lowest BCUT2D eigenvalue weighted by Crippen LogP contribution is -2.23. The highest BCUT2D eigenvalue weighted by Gasteiger charge is 2.20. The molecule has 5 heteroatoms. The van der Waals surface area contributed by atoms with Gasteiger partial charge in [-0.15, -0.1) is 0 Å². The van der Waals surface area contributed by atoms with Gasteiger partial charge in [0.15, 0.2) is 0 Å². The molecular formula is C19H20BrN3O. The molecule has 0 bridgehead atoms. The molecule has 1 aliphatic carbocycles. The number of fused-ring (bicyclic) bond motifs is 1. The summed E-state index contributed by atoms with van der Waals surface area (Å²) in [5, 5.41) is 13.3. The van der Waals surface area contributed by atoms with Crippen LogP contribution in [-0.4, -0.2) is 20.5 Å². The summed E-state index contributed by atoms with van der Waals surface area (Å²) >= 11 is 3.65. The van der Waals surface area contributed by atoms with Crippen LogP contribution in [0.5, 0.6) is 5.75 Å². The van der Waals surface area contributed by atoms with Gasteiger partial charge < -0.3 is 10.4 Å². The number of aromatic hydroxyl groups is 1. The molecule has 1 aliphatic rings. The molecule has 0 saturated heterocycles. The SMILES string of the molecule is Oc1ccc(-c2nc3cccc(Br)n3c2NC2CCCCC2)cc1. The van der Waals surface area contributed by atoms with Crippen molar-refractivity contribution in [3.05, 3.63) is 47.1 Å². The largest absolute Gasteiger partial charge is 0.508 e. The van der Waals surface area contributed by atoms with E-state index < -0.39 is 0 Å². The van der Waals surface area contributed by atoms with Gasteiger partial charge in [-0.25, -0.2) is 4.98 Å². The standard InChI is InChI=1S/C19H20BrN3O/c20-16-7-4-8-17-22-18(13-9-11-15(24)12-10-13)19(23(16)17)21-14-5-2-1-3-6-14/h4,7-12,14,21,24H,1-3,5-6H2. The number of halogens is 1. The molecule has 0 radical (unpaired) electrons. The average Bonchev–Trinajstić information content (AvgIpc) is 2.96. The third-order valence-corrected chi connectivity index (χ3v) is 5.30. The lowest BCUT2D eigenvalue weighted by atomic mass is 9.95. The maximum Gasteiger partial charge on any atom is 0.140 e. The molecule has 1 aromatic carbocycles. The van der Waals surface area contributed by atoms with E-state index in [1.807, 2.05) is 30.3 Å². The number of anilines is 1. The lowest BCUT2D eigenvalue weighted by Gasteiger charge is -2.24. The van der Waals surface area contributed by atoms with Crippen LogP contribution in [0.4, 0.5) is 5.82 Å². The van der Waals surface area contributed by atoms with Gasteiger partial charge in [-0.05, 0) is 65.2 Å². The number of hydrogen-bond acceptors (Lipinski definition) is 3. The van der Waals surface area contributed by atoms with Crippen LogP contribution in [0.25, 0.3) is 16.9 Å². The van der Waals surface area contributed by atoms with E-state index in [2.05, 4.69) is 25.6 Å². The Bertz CT molecular complexity index is 851. The first-order valence-electron chi connectivity index (χ1n) is 8.45. The molecule has 0 amide bonds. The summed E-state index contributed by atoms with van der Waals surface area (Å²) in [6, 6.07) is 13.8. The molecule has 0 atom stereocenters. The molecule has 3 aromatic rings. The molecule has 1 fully saturated rings. The van der Waals surface area contributed by atoms with Crippen molar-refractivity contribution in [1.82, 2.24) is 9.38 Å². The zero-order chi connectivity index (χ0) is 16.5. The minimum atomic E-state index is 0.269. The summed E-state index contributed by atoms with van der Waals surface area (Å²) in [4.78, 5) is 4.83. The third-order valence-electron chi connectivity index (χ3n) is 4.68. The predicted octanol–water partition coefficient (Wildman–Crippen LogP) is 5.21. The normalized spacial score (nSPS) is 15.7. The van der Waals surface area contributed by atoms with Gasteiger partial charge in [-0.2, -0.15) is 0 Å². The average molecular weight is 386 g/mol. The van der Waals surface area contributed by atoms with Gasteiger partial charge in [0.05, 0.1) is 4.60 Å². The van der Waals surface area contributed by atoms with E-state index in [-0.39, 0.29) is 5.75 Å². The Kier molecular flexibility index (Phi) is 4.19. The van der Waals surface area contributed by atoms with Gasteiger partial charge >= 0.3 is 0 Å².